The number of aryl methyl sites for hydroxylation is 1. The molecule has 2 aromatic rings. The van der Waals surface area contributed by atoms with Gasteiger partial charge in [0, 0.05) is 23.0 Å². The summed E-state index contributed by atoms with van der Waals surface area (Å²) in [6.45, 7) is 9.18. The molecule has 6 nitrogen and oxygen atoms in total. The van der Waals surface area contributed by atoms with E-state index in [1.165, 1.54) is 6.42 Å². The third kappa shape index (κ3) is 3.94. The van der Waals surface area contributed by atoms with Crippen molar-refractivity contribution in [3.05, 3.63) is 40.0 Å². The zero-order valence-corrected chi connectivity index (χ0v) is 19.0. The monoisotopic (exact) mass is 431 g/mol. The summed E-state index contributed by atoms with van der Waals surface area (Å²) in [5, 5.41) is 4.53. The van der Waals surface area contributed by atoms with Crippen molar-refractivity contribution in [2.24, 2.45) is 11.3 Å². The summed E-state index contributed by atoms with van der Waals surface area (Å²) >= 11 is 6.52. The van der Waals surface area contributed by atoms with E-state index in [4.69, 9.17) is 20.9 Å². The quantitative estimate of drug-likeness (QED) is 0.659. The number of amides is 1. The van der Waals surface area contributed by atoms with Crippen molar-refractivity contribution >= 4 is 17.5 Å². The van der Waals surface area contributed by atoms with Crippen LogP contribution in [-0.4, -0.2) is 27.5 Å². The van der Waals surface area contributed by atoms with Crippen LogP contribution in [0.3, 0.4) is 0 Å². The van der Waals surface area contributed by atoms with Crippen LogP contribution >= 0.6 is 11.6 Å². The summed E-state index contributed by atoms with van der Waals surface area (Å²) in [6, 6.07) is 3.64. The van der Waals surface area contributed by atoms with Crippen LogP contribution in [0, 0.1) is 18.3 Å². The van der Waals surface area contributed by atoms with Crippen molar-refractivity contribution in [3.63, 3.8) is 0 Å². The number of ether oxygens (including phenoxy) is 1. The first-order valence-corrected chi connectivity index (χ1v) is 11.2. The molecule has 0 saturated heterocycles. The average molecular weight is 432 g/mol. The zero-order chi connectivity index (χ0) is 21.5. The summed E-state index contributed by atoms with van der Waals surface area (Å²) in [5.41, 5.74) is 2.10. The van der Waals surface area contributed by atoms with Gasteiger partial charge >= 0.3 is 0 Å². The Balaban J connectivity index is 1.60. The van der Waals surface area contributed by atoms with E-state index >= 15 is 0 Å². The molecule has 1 saturated carbocycles. The molecule has 30 heavy (non-hydrogen) atoms. The number of aromatic nitrogens is 2. The predicted molar refractivity (Wildman–Crippen MR) is 114 cm³/mol. The fourth-order valence-corrected chi connectivity index (χ4v) is 5.29. The maximum Gasteiger partial charge on any atom is 0.264 e. The minimum Gasteiger partial charge on any atom is -0.483 e. The molecular weight excluding hydrogens is 402 g/mol. The van der Waals surface area contributed by atoms with E-state index in [0.29, 0.717) is 18.3 Å². The molecule has 162 valence electrons. The number of carbonyl (C=O) groups is 1. The standard InChI is InChI=1S/C23H30ClN3O3/c1-14-21-16(10-12-27(14)22(28)17-7-5-6-11-23(17,3)4)18(24)8-9-19(21)29-13-20-25-15(2)26-30-20/h8-9,14,17H,5-7,10-13H2,1-4H3. The number of benzene rings is 1. The van der Waals surface area contributed by atoms with Gasteiger partial charge in [-0.25, -0.2) is 0 Å². The minimum absolute atomic E-state index is 0.0405. The van der Waals surface area contributed by atoms with Crippen LogP contribution < -0.4 is 4.74 Å². The van der Waals surface area contributed by atoms with E-state index in [1.54, 1.807) is 6.92 Å². The van der Waals surface area contributed by atoms with Gasteiger partial charge in [0.05, 0.1) is 6.04 Å². The Hall–Kier alpha value is -2.08. The van der Waals surface area contributed by atoms with E-state index in [0.717, 1.165) is 47.6 Å². The molecule has 0 bridgehead atoms. The Morgan fingerprint density at radius 2 is 2.17 bits per heavy atom. The molecule has 1 aromatic heterocycles. The Morgan fingerprint density at radius 3 is 2.87 bits per heavy atom. The van der Waals surface area contributed by atoms with Gasteiger partial charge in [-0.2, -0.15) is 4.98 Å². The maximum atomic E-state index is 13.6. The Bertz CT molecular complexity index is 940. The maximum absolute atomic E-state index is 13.6. The van der Waals surface area contributed by atoms with Gasteiger partial charge < -0.3 is 14.2 Å². The number of carbonyl (C=O) groups excluding carboxylic acids is 1. The lowest BCUT2D eigenvalue weighted by molar-refractivity contribution is -0.143. The highest BCUT2D eigenvalue weighted by atomic mass is 35.5. The second kappa shape index (κ2) is 8.22. The average Bonchev–Trinajstić information content (AvgIpc) is 3.12. The van der Waals surface area contributed by atoms with E-state index in [-0.39, 0.29) is 29.9 Å². The number of halogens is 1. The van der Waals surface area contributed by atoms with E-state index in [1.807, 2.05) is 17.0 Å². The molecule has 0 radical (unpaired) electrons. The first kappa shape index (κ1) is 21.2. The van der Waals surface area contributed by atoms with Crippen molar-refractivity contribution in [1.29, 1.82) is 0 Å². The first-order valence-electron chi connectivity index (χ1n) is 10.8. The highest BCUT2D eigenvalue weighted by molar-refractivity contribution is 6.31. The van der Waals surface area contributed by atoms with Crippen LogP contribution in [0.1, 0.15) is 75.3 Å². The van der Waals surface area contributed by atoms with Gasteiger partial charge in [-0.15, -0.1) is 0 Å². The van der Waals surface area contributed by atoms with Crippen molar-refractivity contribution in [3.8, 4) is 5.75 Å². The predicted octanol–water partition coefficient (Wildman–Crippen LogP) is 5.27. The molecule has 0 spiro atoms. The Morgan fingerprint density at radius 1 is 1.37 bits per heavy atom. The lowest BCUT2D eigenvalue weighted by atomic mass is 9.68. The third-order valence-electron chi connectivity index (χ3n) is 6.76. The van der Waals surface area contributed by atoms with Gasteiger partial charge in [0.2, 0.25) is 5.91 Å². The molecule has 2 unspecified atom stereocenters. The van der Waals surface area contributed by atoms with Crippen LogP contribution in [-0.2, 0) is 17.8 Å². The smallest absolute Gasteiger partial charge is 0.264 e. The second-order valence-electron chi connectivity index (χ2n) is 9.21. The number of rotatable bonds is 4. The van der Waals surface area contributed by atoms with Crippen molar-refractivity contribution in [2.45, 2.75) is 72.4 Å². The number of hydrogen-bond donors (Lipinski definition) is 0. The fourth-order valence-electron chi connectivity index (χ4n) is 5.03. The minimum atomic E-state index is -0.0999. The van der Waals surface area contributed by atoms with Crippen molar-refractivity contribution < 1.29 is 14.1 Å². The highest BCUT2D eigenvalue weighted by Gasteiger charge is 2.42. The van der Waals surface area contributed by atoms with Gasteiger partial charge in [-0.05, 0) is 56.2 Å². The lowest BCUT2D eigenvalue weighted by Gasteiger charge is -2.44. The van der Waals surface area contributed by atoms with Gasteiger partial charge in [0.25, 0.3) is 5.89 Å². The van der Waals surface area contributed by atoms with Crippen molar-refractivity contribution in [2.75, 3.05) is 6.54 Å². The van der Waals surface area contributed by atoms with Gasteiger partial charge in [-0.3, -0.25) is 4.79 Å². The molecule has 7 heteroatoms. The van der Waals surface area contributed by atoms with Crippen molar-refractivity contribution in [1.82, 2.24) is 15.0 Å². The van der Waals surface area contributed by atoms with Crippen LogP contribution in [0.4, 0.5) is 0 Å². The van der Waals surface area contributed by atoms with E-state index in [9.17, 15) is 4.79 Å². The largest absolute Gasteiger partial charge is 0.483 e. The van der Waals surface area contributed by atoms with Crippen LogP contribution in [0.25, 0.3) is 0 Å². The summed E-state index contributed by atoms with van der Waals surface area (Å²) in [4.78, 5) is 19.8. The molecule has 1 amide bonds. The number of hydrogen-bond acceptors (Lipinski definition) is 5. The summed E-state index contributed by atoms with van der Waals surface area (Å²) in [7, 11) is 0. The summed E-state index contributed by atoms with van der Waals surface area (Å²) < 4.78 is 11.2. The lowest BCUT2D eigenvalue weighted by Crippen LogP contribution is -2.47. The highest BCUT2D eigenvalue weighted by Crippen LogP contribution is 2.45. The first-order chi connectivity index (χ1) is 14.3. The molecule has 1 aliphatic carbocycles. The normalized spacial score (nSPS) is 23.2. The van der Waals surface area contributed by atoms with E-state index in [2.05, 4.69) is 30.9 Å². The topological polar surface area (TPSA) is 68.5 Å². The molecule has 1 fully saturated rings. The summed E-state index contributed by atoms with van der Waals surface area (Å²) in [6.07, 6.45) is 5.14. The van der Waals surface area contributed by atoms with Gasteiger partial charge in [-0.1, -0.05) is 43.4 Å². The fraction of sp³-hybridized carbons (Fsp3) is 0.609. The molecule has 2 heterocycles. The second-order valence-corrected chi connectivity index (χ2v) is 9.61. The Kier molecular flexibility index (Phi) is 5.80. The molecular formula is C23H30ClN3O3. The van der Waals surface area contributed by atoms with Crippen LogP contribution in [0.15, 0.2) is 16.7 Å². The molecule has 4 rings (SSSR count). The summed E-state index contributed by atoms with van der Waals surface area (Å²) in [5.74, 6) is 2.05. The zero-order valence-electron chi connectivity index (χ0n) is 18.2. The number of fused-ring (bicyclic) bond motifs is 1. The molecule has 2 aliphatic rings. The van der Waals surface area contributed by atoms with E-state index < -0.39 is 0 Å². The molecule has 0 N–H and O–H groups in total. The van der Waals surface area contributed by atoms with Gasteiger partial charge in [0.15, 0.2) is 12.4 Å². The SMILES string of the molecule is Cc1noc(COc2ccc(Cl)c3c2C(C)N(C(=O)C2CCCCC2(C)C)CC3)n1. The molecule has 1 aromatic carbocycles. The molecule has 1 aliphatic heterocycles. The van der Waals surface area contributed by atoms with Crippen LogP contribution in [0.2, 0.25) is 5.02 Å². The molecule has 2 atom stereocenters. The van der Waals surface area contributed by atoms with Crippen LogP contribution in [0.5, 0.6) is 5.75 Å². The Labute approximate surface area is 182 Å². The number of nitrogens with zero attached hydrogens (tertiary/aromatic N) is 3. The third-order valence-corrected chi connectivity index (χ3v) is 7.11. The van der Waals surface area contributed by atoms with Gasteiger partial charge in [0.1, 0.15) is 5.75 Å².